The maximum atomic E-state index is 12.2. The number of halogens is 3. The van der Waals surface area contributed by atoms with Gasteiger partial charge in [-0.2, -0.15) is 5.10 Å². The first-order valence-corrected chi connectivity index (χ1v) is 12.5. The highest BCUT2D eigenvalue weighted by Gasteiger charge is 2.15. The monoisotopic (exact) mass is 593 g/mol. The van der Waals surface area contributed by atoms with Crippen LogP contribution in [0.25, 0.3) is 0 Å². The fourth-order valence-corrected chi connectivity index (χ4v) is 4.30. The topological polar surface area (TPSA) is 90.4 Å². The summed E-state index contributed by atoms with van der Waals surface area (Å²) in [6, 6.07) is 14.2. The number of carbonyl (C=O) groups excluding carboxylic acids is 1. The Hall–Kier alpha value is -3.14. The van der Waals surface area contributed by atoms with Gasteiger partial charge in [-0.15, -0.1) is 0 Å². The molecular formula is C25H22BrCl2N3O5. The maximum Gasteiger partial charge on any atom is 0.259 e. The smallest absolute Gasteiger partial charge is 0.259 e. The Balaban J connectivity index is 1.35. The summed E-state index contributed by atoms with van der Waals surface area (Å²) in [7, 11) is 0. The normalized spacial score (nSPS) is 12.0. The van der Waals surface area contributed by atoms with E-state index in [4.69, 9.17) is 42.1 Å². The number of hydrogen-bond donors (Lipinski definition) is 2. The van der Waals surface area contributed by atoms with Crippen LogP contribution in [0.2, 0.25) is 10.0 Å². The fourth-order valence-electron chi connectivity index (χ4n) is 3.26. The Bertz CT molecular complexity index is 1290. The van der Waals surface area contributed by atoms with E-state index < -0.39 is 0 Å². The van der Waals surface area contributed by atoms with E-state index in [1.165, 1.54) is 6.21 Å². The number of hydrogen-bond acceptors (Lipinski definition) is 7. The van der Waals surface area contributed by atoms with Gasteiger partial charge < -0.3 is 24.3 Å². The minimum Gasteiger partial charge on any atom is -0.490 e. The molecule has 3 aromatic rings. The highest BCUT2D eigenvalue weighted by molar-refractivity contribution is 9.10. The SMILES string of the molecule is CCOc1cc(/C=N\NC(=O)CNc2ccc3c(c2)OCO3)cc(Br)c1OCc1ccc(Cl)cc1Cl. The van der Waals surface area contributed by atoms with Crippen molar-refractivity contribution in [1.82, 2.24) is 5.43 Å². The number of amides is 1. The predicted molar refractivity (Wildman–Crippen MR) is 143 cm³/mol. The summed E-state index contributed by atoms with van der Waals surface area (Å²) >= 11 is 15.7. The van der Waals surface area contributed by atoms with Crippen molar-refractivity contribution in [2.75, 3.05) is 25.3 Å². The number of fused-ring (bicyclic) bond motifs is 1. The van der Waals surface area contributed by atoms with Crippen LogP contribution in [-0.4, -0.2) is 32.1 Å². The molecule has 3 aromatic carbocycles. The summed E-state index contributed by atoms with van der Waals surface area (Å²) in [6.07, 6.45) is 1.52. The summed E-state index contributed by atoms with van der Waals surface area (Å²) in [5.41, 5.74) is 4.72. The summed E-state index contributed by atoms with van der Waals surface area (Å²) in [5, 5.41) is 8.13. The van der Waals surface area contributed by atoms with Crippen LogP contribution in [0.15, 0.2) is 58.1 Å². The highest BCUT2D eigenvalue weighted by atomic mass is 79.9. The van der Waals surface area contributed by atoms with Crippen molar-refractivity contribution >= 4 is 56.9 Å². The summed E-state index contributed by atoms with van der Waals surface area (Å²) < 4.78 is 23.0. The Labute approximate surface area is 226 Å². The first-order valence-electron chi connectivity index (χ1n) is 10.9. The third-order valence-corrected chi connectivity index (χ3v) is 6.12. The van der Waals surface area contributed by atoms with Gasteiger partial charge in [0.1, 0.15) is 6.61 Å². The number of nitrogens with zero attached hydrogens (tertiary/aromatic N) is 1. The van der Waals surface area contributed by atoms with Crippen molar-refractivity contribution in [3.05, 3.63) is 74.2 Å². The Morgan fingerprint density at radius 3 is 2.75 bits per heavy atom. The largest absolute Gasteiger partial charge is 0.490 e. The van der Waals surface area contributed by atoms with Crippen molar-refractivity contribution in [2.24, 2.45) is 5.10 Å². The lowest BCUT2D eigenvalue weighted by Crippen LogP contribution is -2.25. The molecule has 1 aliphatic heterocycles. The maximum absolute atomic E-state index is 12.2. The molecule has 1 heterocycles. The molecule has 0 saturated heterocycles. The molecule has 11 heteroatoms. The molecule has 2 N–H and O–H groups in total. The molecule has 188 valence electrons. The van der Waals surface area contributed by atoms with E-state index in [0.717, 1.165) is 11.3 Å². The van der Waals surface area contributed by atoms with Crippen LogP contribution in [-0.2, 0) is 11.4 Å². The third kappa shape index (κ3) is 6.75. The molecule has 0 fully saturated rings. The van der Waals surface area contributed by atoms with Crippen LogP contribution in [0.3, 0.4) is 0 Å². The van der Waals surface area contributed by atoms with Crippen LogP contribution in [0, 0.1) is 0 Å². The van der Waals surface area contributed by atoms with E-state index in [0.29, 0.717) is 49.7 Å². The predicted octanol–water partition coefficient (Wildman–Crippen LogP) is 6.02. The molecule has 0 atom stereocenters. The Kier molecular flexibility index (Phi) is 8.79. The van der Waals surface area contributed by atoms with E-state index >= 15 is 0 Å². The van der Waals surface area contributed by atoms with Crippen molar-refractivity contribution in [3.8, 4) is 23.0 Å². The number of rotatable bonds is 10. The van der Waals surface area contributed by atoms with Crippen molar-refractivity contribution < 1.29 is 23.7 Å². The molecule has 0 saturated carbocycles. The van der Waals surface area contributed by atoms with E-state index in [1.807, 2.05) is 19.1 Å². The number of carbonyl (C=O) groups is 1. The first kappa shape index (κ1) is 25.9. The number of anilines is 1. The van der Waals surface area contributed by atoms with Crippen molar-refractivity contribution in [1.29, 1.82) is 0 Å². The molecule has 0 aliphatic carbocycles. The van der Waals surface area contributed by atoms with Gasteiger partial charge in [-0.05, 0) is 64.8 Å². The van der Waals surface area contributed by atoms with Gasteiger partial charge in [-0.1, -0.05) is 29.3 Å². The summed E-state index contributed by atoms with van der Waals surface area (Å²) in [4.78, 5) is 12.2. The lowest BCUT2D eigenvalue weighted by molar-refractivity contribution is -0.119. The van der Waals surface area contributed by atoms with Gasteiger partial charge in [-0.25, -0.2) is 5.43 Å². The van der Waals surface area contributed by atoms with E-state index in [-0.39, 0.29) is 25.9 Å². The lowest BCUT2D eigenvalue weighted by atomic mass is 10.2. The molecule has 0 radical (unpaired) electrons. The molecular weight excluding hydrogens is 573 g/mol. The van der Waals surface area contributed by atoms with Crippen molar-refractivity contribution in [3.63, 3.8) is 0 Å². The zero-order valence-electron chi connectivity index (χ0n) is 19.1. The van der Waals surface area contributed by atoms with Crippen LogP contribution >= 0.6 is 39.1 Å². The molecule has 8 nitrogen and oxygen atoms in total. The molecule has 0 spiro atoms. The average molecular weight is 595 g/mol. The minimum absolute atomic E-state index is 0.0326. The van der Waals surface area contributed by atoms with Gasteiger partial charge in [-0.3, -0.25) is 4.79 Å². The fraction of sp³-hybridized carbons (Fsp3) is 0.200. The molecule has 0 aromatic heterocycles. The average Bonchev–Trinajstić information content (AvgIpc) is 3.31. The van der Waals surface area contributed by atoms with Crippen LogP contribution in [0.4, 0.5) is 5.69 Å². The number of nitrogens with one attached hydrogen (secondary N) is 2. The van der Waals surface area contributed by atoms with Gasteiger partial charge in [0, 0.05) is 27.4 Å². The molecule has 0 unspecified atom stereocenters. The second-order valence-electron chi connectivity index (χ2n) is 7.50. The van der Waals surface area contributed by atoms with Gasteiger partial charge in [0.25, 0.3) is 5.91 Å². The second-order valence-corrected chi connectivity index (χ2v) is 9.20. The minimum atomic E-state index is -0.312. The molecule has 0 bridgehead atoms. The molecule has 4 rings (SSSR count). The van der Waals surface area contributed by atoms with E-state index in [2.05, 4.69) is 31.8 Å². The molecule has 36 heavy (non-hydrogen) atoms. The van der Waals surface area contributed by atoms with Crippen LogP contribution in [0.5, 0.6) is 23.0 Å². The molecule has 1 amide bonds. The molecule has 1 aliphatic rings. The Morgan fingerprint density at radius 1 is 1.11 bits per heavy atom. The van der Waals surface area contributed by atoms with Gasteiger partial charge in [0.05, 0.1) is 23.8 Å². The number of hydrazone groups is 1. The zero-order valence-corrected chi connectivity index (χ0v) is 22.2. The van der Waals surface area contributed by atoms with Crippen LogP contribution < -0.4 is 29.7 Å². The number of benzene rings is 3. The lowest BCUT2D eigenvalue weighted by Gasteiger charge is -2.15. The Morgan fingerprint density at radius 2 is 1.94 bits per heavy atom. The highest BCUT2D eigenvalue weighted by Crippen LogP contribution is 2.38. The second kappa shape index (κ2) is 12.2. The van der Waals surface area contributed by atoms with Gasteiger partial charge >= 0.3 is 0 Å². The van der Waals surface area contributed by atoms with E-state index in [1.54, 1.807) is 36.4 Å². The van der Waals surface area contributed by atoms with Crippen molar-refractivity contribution in [2.45, 2.75) is 13.5 Å². The standard InChI is InChI=1S/C25H22BrCl2N3O5/c1-2-33-23-8-15(7-19(26)25(23)34-13-16-3-4-17(27)9-20(16)28)11-30-31-24(32)12-29-18-5-6-21-22(10-18)36-14-35-21/h3-11,29H,2,12-14H2,1H3,(H,31,32)/b30-11-. The first-order chi connectivity index (χ1) is 17.4. The van der Waals surface area contributed by atoms with Crippen LogP contribution in [0.1, 0.15) is 18.1 Å². The number of ether oxygens (including phenoxy) is 4. The summed E-state index contributed by atoms with van der Waals surface area (Å²) in [5.74, 6) is 2.05. The van der Waals surface area contributed by atoms with E-state index in [9.17, 15) is 4.79 Å². The zero-order chi connectivity index (χ0) is 25.5. The van der Waals surface area contributed by atoms with Gasteiger partial charge in [0.2, 0.25) is 6.79 Å². The van der Waals surface area contributed by atoms with Gasteiger partial charge in [0.15, 0.2) is 23.0 Å². The quantitative estimate of drug-likeness (QED) is 0.220. The third-order valence-electron chi connectivity index (χ3n) is 4.95. The summed E-state index contributed by atoms with van der Waals surface area (Å²) in [6.45, 7) is 2.77.